The van der Waals surface area contributed by atoms with Gasteiger partial charge in [0, 0.05) is 6.54 Å². The molecular weight excluding hydrogens is 550 g/mol. The van der Waals surface area contributed by atoms with E-state index < -0.39 is 29.8 Å². The highest BCUT2D eigenvalue weighted by Crippen LogP contribution is 2.40. The number of phenolic OH excluding ortho intramolecular Hbond substituents is 1. The van der Waals surface area contributed by atoms with Crippen molar-refractivity contribution in [1.82, 2.24) is 15.5 Å². The van der Waals surface area contributed by atoms with Crippen molar-refractivity contribution in [3.8, 4) is 17.2 Å². The van der Waals surface area contributed by atoms with Crippen molar-refractivity contribution in [2.45, 2.75) is 31.8 Å². The minimum Gasteiger partial charge on any atom is -0.502 e. The first kappa shape index (κ1) is 30.8. The SMILES string of the molecule is COc1cc(/C=C2\S/C(=N\c3ccccc3)N([C@@H](C)C(=O)N[C@@H](CCCNC(=N)N)C(N)=O)C2=O)cc(OC)c1O. The first-order chi connectivity index (χ1) is 19.5. The highest BCUT2D eigenvalue weighted by atomic mass is 32.2. The number of aliphatic imine (C=N–C) groups is 1. The molecule has 2 atom stereocenters. The van der Waals surface area contributed by atoms with Gasteiger partial charge in [0.05, 0.1) is 24.8 Å². The van der Waals surface area contributed by atoms with E-state index in [0.29, 0.717) is 24.2 Å². The fourth-order valence-corrected chi connectivity index (χ4v) is 4.96. The molecule has 13 nitrogen and oxygen atoms in total. The maximum Gasteiger partial charge on any atom is 0.267 e. The molecule has 1 aliphatic rings. The lowest BCUT2D eigenvalue weighted by atomic mass is 10.1. The molecule has 218 valence electrons. The predicted molar refractivity (Wildman–Crippen MR) is 157 cm³/mol. The minimum atomic E-state index is -1.05. The third-order valence-electron chi connectivity index (χ3n) is 6.03. The zero-order valence-electron chi connectivity index (χ0n) is 22.8. The van der Waals surface area contributed by atoms with Crippen LogP contribution in [0, 0.1) is 5.41 Å². The molecule has 2 aromatic carbocycles. The van der Waals surface area contributed by atoms with E-state index in [1.165, 1.54) is 26.0 Å². The van der Waals surface area contributed by atoms with Crippen LogP contribution in [0.3, 0.4) is 0 Å². The van der Waals surface area contributed by atoms with Crippen molar-refractivity contribution in [3.63, 3.8) is 0 Å². The second-order valence-electron chi connectivity index (χ2n) is 8.91. The molecule has 0 bridgehead atoms. The van der Waals surface area contributed by atoms with Crippen molar-refractivity contribution >= 4 is 52.4 Å². The molecular formula is C27H33N7O6S. The Morgan fingerprint density at radius 3 is 2.37 bits per heavy atom. The van der Waals surface area contributed by atoms with E-state index in [0.717, 1.165) is 11.8 Å². The molecule has 3 amide bonds. The Morgan fingerprint density at radius 1 is 1.17 bits per heavy atom. The molecule has 8 N–H and O–H groups in total. The van der Waals surface area contributed by atoms with Crippen molar-refractivity contribution in [3.05, 3.63) is 52.9 Å². The molecule has 0 radical (unpaired) electrons. The van der Waals surface area contributed by atoms with Gasteiger partial charge in [0.2, 0.25) is 17.6 Å². The van der Waals surface area contributed by atoms with E-state index in [2.05, 4.69) is 15.6 Å². The lowest BCUT2D eigenvalue weighted by Crippen LogP contribution is -2.53. The Bertz CT molecular complexity index is 1340. The number of carbonyl (C=O) groups is 3. The quantitative estimate of drug-likeness (QED) is 0.0928. The Hall–Kier alpha value is -4.72. The van der Waals surface area contributed by atoms with Crippen LogP contribution >= 0.6 is 11.8 Å². The van der Waals surface area contributed by atoms with Crippen LogP contribution in [0.2, 0.25) is 0 Å². The molecule has 1 fully saturated rings. The van der Waals surface area contributed by atoms with Crippen LogP contribution in [-0.4, -0.2) is 71.7 Å². The number of nitrogens with two attached hydrogens (primary N) is 2. The largest absolute Gasteiger partial charge is 0.502 e. The summed E-state index contributed by atoms with van der Waals surface area (Å²) in [6.45, 7) is 1.85. The number of thioether (sulfide) groups is 1. The fraction of sp³-hybridized carbons (Fsp3) is 0.296. The van der Waals surface area contributed by atoms with Crippen molar-refractivity contribution < 1.29 is 29.0 Å². The third-order valence-corrected chi connectivity index (χ3v) is 7.01. The second kappa shape index (κ2) is 14.1. The normalized spacial score (nSPS) is 16.4. The van der Waals surface area contributed by atoms with E-state index in [4.69, 9.17) is 26.4 Å². The molecule has 0 aromatic heterocycles. The zero-order chi connectivity index (χ0) is 30.1. The Balaban J connectivity index is 1.91. The van der Waals surface area contributed by atoms with E-state index in [1.807, 2.05) is 6.07 Å². The molecule has 1 saturated heterocycles. The average molecular weight is 584 g/mol. The molecule has 0 spiro atoms. The predicted octanol–water partition coefficient (Wildman–Crippen LogP) is 1.64. The minimum absolute atomic E-state index is 0.158. The number of para-hydroxylation sites is 1. The van der Waals surface area contributed by atoms with E-state index in [9.17, 15) is 19.5 Å². The standard InChI is InChI=1S/C27H33N7O6S/c1-15(24(37)33-18(23(28)36)10-7-11-31-26(29)30)34-25(38)21(41-27(34)32-17-8-5-4-6-9-17)14-16-12-19(39-2)22(35)20(13-16)40-3/h4-6,8-9,12-15,18,35H,7,10-11H2,1-3H3,(H2,28,36)(H,33,37)(H4,29,30,31)/b21-14-,32-27-/t15-,18-/m0/s1. The average Bonchev–Trinajstić information content (AvgIpc) is 3.24. The van der Waals surface area contributed by atoms with Crippen molar-refractivity contribution in [2.75, 3.05) is 20.8 Å². The summed E-state index contributed by atoms with van der Waals surface area (Å²) in [6, 6.07) is 9.99. The number of methoxy groups -OCH3 is 2. The van der Waals surface area contributed by atoms with Crippen LogP contribution in [-0.2, 0) is 14.4 Å². The molecule has 14 heteroatoms. The summed E-state index contributed by atoms with van der Waals surface area (Å²) in [5.74, 6) is -1.89. The number of guanidine groups is 1. The molecule has 41 heavy (non-hydrogen) atoms. The lowest BCUT2D eigenvalue weighted by Gasteiger charge is -2.25. The Labute approximate surface area is 241 Å². The molecule has 1 heterocycles. The molecule has 0 saturated carbocycles. The van der Waals surface area contributed by atoms with E-state index in [-0.39, 0.29) is 39.7 Å². The second-order valence-corrected chi connectivity index (χ2v) is 9.92. The number of hydrogen-bond acceptors (Lipinski definition) is 9. The number of amidine groups is 1. The highest BCUT2D eigenvalue weighted by molar-refractivity contribution is 8.18. The number of nitrogens with zero attached hydrogens (tertiary/aromatic N) is 2. The fourth-order valence-electron chi connectivity index (χ4n) is 3.89. The summed E-state index contributed by atoms with van der Waals surface area (Å²) >= 11 is 1.07. The van der Waals surface area contributed by atoms with Crippen LogP contribution in [0.4, 0.5) is 5.69 Å². The number of benzene rings is 2. The Kier molecular flexibility index (Phi) is 10.6. The van der Waals surface area contributed by atoms with Crippen molar-refractivity contribution in [2.24, 2.45) is 16.5 Å². The number of rotatable bonds is 12. The van der Waals surface area contributed by atoms with Gasteiger partial charge in [-0.05, 0) is 67.4 Å². The van der Waals surface area contributed by atoms with Crippen LogP contribution in [0.5, 0.6) is 17.2 Å². The summed E-state index contributed by atoms with van der Waals surface area (Å²) in [4.78, 5) is 45.1. The van der Waals surface area contributed by atoms with E-state index >= 15 is 0 Å². The maximum atomic E-state index is 13.7. The number of amides is 3. The summed E-state index contributed by atoms with van der Waals surface area (Å²) in [6.07, 6.45) is 2.20. The van der Waals surface area contributed by atoms with Gasteiger partial charge in [-0.1, -0.05) is 18.2 Å². The van der Waals surface area contributed by atoms with Gasteiger partial charge in [-0.3, -0.25) is 24.7 Å². The monoisotopic (exact) mass is 583 g/mol. The van der Waals surface area contributed by atoms with Gasteiger partial charge in [0.1, 0.15) is 12.1 Å². The number of primary amides is 1. The number of carbonyl (C=O) groups excluding carboxylic acids is 3. The lowest BCUT2D eigenvalue weighted by molar-refractivity contribution is -0.134. The van der Waals surface area contributed by atoms with E-state index in [1.54, 1.807) is 42.5 Å². The first-order valence-electron chi connectivity index (χ1n) is 12.5. The molecule has 3 rings (SSSR count). The number of nitrogens with one attached hydrogen (secondary N) is 3. The van der Waals surface area contributed by atoms with Gasteiger partial charge < -0.3 is 36.7 Å². The summed E-state index contributed by atoms with van der Waals surface area (Å²) in [5.41, 5.74) is 11.9. The number of aromatic hydroxyl groups is 1. The number of phenols is 1. The van der Waals surface area contributed by atoms with Crippen LogP contribution < -0.4 is 31.6 Å². The summed E-state index contributed by atoms with van der Waals surface area (Å²) < 4.78 is 10.4. The molecule has 1 aliphatic heterocycles. The molecule has 0 unspecified atom stereocenters. The smallest absolute Gasteiger partial charge is 0.267 e. The maximum absolute atomic E-state index is 13.7. The molecule has 2 aromatic rings. The van der Waals surface area contributed by atoms with Gasteiger partial charge in [-0.15, -0.1) is 0 Å². The van der Waals surface area contributed by atoms with Crippen molar-refractivity contribution in [1.29, 1.82) is 5.41 Å². The van der Waals surface area contributed by atoms with Crippen LogP contribution in [0.15, 0.2) is 52.4 Å². The Morgan fingerprint density at radius 2 is 1.80 bits per heavy atom. The zero-order valence-corrected chi connectivity index (χ0v) is 23.7. The van der Waals surface area contributed by atoms with Gasteiger partial charge >= 0.3 is 0 Å². The van der Waals surface area contributed by atoms with Gasteiger partial charge in [0.15, 0.2) is 22.6 Å². The van der Waals surface area contributed by atoms with Gasteiger partial charge in [-0.2, -0.15) is 0 Å². The third kappa shape index (κ3) is 7.91. The molecule has 0 aliphatic carbocycles. The van der Waals surface area contributed by atoms with Crippen LogP contribution in [0.1, 0.15) is 25.3 Å². The topological polar surface area (TPSA) is 205 Å². The highest BCUT2D eigenvalue weighted by Gasteiger charge is 2.40. The summed E-state index contributed by atoms with van der Waals surface area (Å²) in [7, 11) is 2.79. The number of hydrogen-bond donors (Lipinski definition) is 6. The summed E-state index contributed by atoms with van der Waals surface area (Å²) in [5, 5.41) is 23.0. The van der Waals surface area contributed by atoms with Crippen LogP contribution in [0.25, 0.3) is 6.08 Å². The number of ether oxygens (including phenoxy) is 2. The van der Waals surface area contributed by atoms with Gasteiger partial charge in [-0.25, -0.2) is 4.99 Å². The first-order valence-corrected chi connectivity index (χ1v) is 13.4. The van der Waals surface area contributed by atoms with Gasteiger partial charge in [0.25, 0.3) is 5.91 Å².